The van der Waals surface area contributed by atoms with Crippen LogP contribution >= 0.6 is 16.2 Å². The van der Waals surface area contributed by atoms with Gasteiger partial charge >= 0.3 is 0 Å². The van der Waals surface area contributed by atoms with Gasteiger partial charge in [0.1, 0.15) is 0 Å². The standard InChI is InChI=1S/C54H44N4O3P2/c1-32(2)37-24-39-51(49(29-37)60-62-55-41-20-12-8-16-33(41)25-45(55)46-26-34-17-9-13-21-42(34)56(46)62)59-52-40(54(39,6)7)30-38(53(3,4)5)31-50(52)61-63-57-43-22-14-10-18-35(43)27-47(57)48-28-36-19-11-15-23-44(36)58(48)63/h8-31H,1H2,2-7H3. The first-order valence-corrected chi connectivity index (χ1v) is 23.9. The van der Waals surface area contributed by atoms with Crippen molar-refractivity contribution in [1.29, 1.82) is 0 Å². The van der Waals surface area contributed by atoms with Gasteiger partial charge < -0.3 is 13.8 Å². The van der Waals surface area contributed by atoms with Crippen LogP contribution in [0.2, 0.25) is 0 Å². The Hall–Kier alpha value is -6.78. The second kappa shape index (κ2) is 12.7. The second-order valence-electron chi connectivity index (χ2n) is 18.7. The summed E-state index contributed by atoms with van der Waals surface area (Å²) in [5, 5.41) is 4.76. The number of aromatic nitrogens is 4. The first-order valence-electron chi connectivity index (χ1n) is 21.6. The number of hydrogen-bond acceptors (Lipinski definition) is 3. The van der Waals surface area contributed by atoms with Gasteiger partial charge in [0.25, 0.3) is 0 Å². The van der Waals surface area contributed by atoms with Crippen molar-refractivity contribution in [3.63, 3.8) is 0 Å². The zero-order chi connectivity index (χ0) is 42.7. The Morgan fingerprint density at radius 1 is 0.508 bits per heavy atom. The molecule has 0 atom stereocenters. The quantitative estimate of drug-likeness (QED) is 0.173. The van der Waals surface area contributed by atoms with E-state index >= 15 is 0 Å². The monoisotopic (exact) mass is 858 g/mol. The molecule has 6 aromatic carbocycles. The van der Waals surface area contributed by atoms with E-state index in [9.17, 15) is 0 Å². The largest absolute Gasteiger partial charge is 0.449 e. The van der Waals surface area contributed by atoms with E-state index < -0.39 is 21.6 Å². The number of benzene rings is 6. The Labute approximate surface area is 366 Å². The second-order valence-corrected chi connectivity index (χ2v) is 21.7. The molecule has 0 amide bonds. The van der Waals surface area contributed by atoms with Crippen LogP contribution in [0.15, 0.2) is 152 Å². The van der Waals surface area contributed by atoms with E-state index in [1.54, 1.807) is 0 Å². The van der Waals surface area contributed by atoms with Crippen molar-refractivity contribution in [3.05, 3.63) is 174 Å². The highest BCUT2D eigenvalue weighted by Crippen LogP contribution is 2.59. The predicted molar refractivity (Wildman–Crippen MR) is 263 cm³/mol. The van der Waals surface area contributed by atoms with Crippen LogP contribution in [0.4, 0.5) is 0 Å². The predicted octanol–water partition coefficient (Wildman–Crippen LogP) is 15.7. The molecule has 0 fully saturated rings. The number of allylic oxidation sites excluding steroid dienone is 1. The fourth-order valence-electron chi connectivity index (χ4n) is 9.95. The maximum Gasteiger partial charge on any atom is 0.246 e. The highest BCUT2D eigenvalue weighted by molar-refractivity contribution is 7.39. The lowest BCUT2D eigenvalue weighted by Gasteiger charge is -2.37. The van der Waals surface area contributed by atoms with Crippen molar-refractivity contribution in [3.8, 4) is 23.0 Å². The van der Waals surface area contributed by atoms with Gasteiger partial charge in [0.05, 0.1) is 44.1 Å². The Balaban J connectivity index is 1.06. The number of ether oxygens (including phenoxy) is 1. The lowest BCUT2D eigenvalue weighted by molar-refractivity contribution is 0.385. The molecule has 12 aromatic rings. The third-order valence-corrected chi connectivity index (χ3v) is 17.1. The minimum absolute atomic E-state index is 0.170. The first-order chi connectivity index (χ1) is 30.4. The zero-order valence-corrected chi connectivity index (χ0v) is 37.8. The molecular formula is C54H44N4O3P2. The van der Waals surface area contributed by atoms with Crippen LogP contribution in [-0.4, -0.2) is 16.7 Å². The molecule has 0 saturated carbocycles. The number of fused-ring (bicyclic) bond motifs is 16. The summed E-state index contributed by atoms with van der Waals surface area (Å²) >= 11 is 0. The van der Waals surface area contributed by atoms with Gasteiger partial charge in [0.2, 0.25) is 16.2 Å². The van der Waals surface area contributed by atoms with E-state index in [4.69, 9.17) is 13.8 Å². The minimum atomic E-state index is -1.46. The summed E-state index contributed by atoms with van der Waals surface area (Å²) in [6, 6.07) is 52.6. The Morgan fingerprint density at radius 2 is 0.873 bits per heavy atom. The molecule has 7 heterocycles. The van der Waals surface area contributed by atoms with Crippen LogP contribution in [-0.2, 0) is 10.8 Å². The third-order valence-electron chi connectivity index (χ3n) is 13.3. The van der Waals surface area contributed by atoms with Crippen molar-refractivity contribution < 1.29 is 13.8 Å². The summed E-state index contributed by atoms with van der Waals surface area (Å²) in [4.78, 5) is 0. The van der Waals surface area contributed by atoms with Crippen LogP contribution in [0.3, 0.4) is 0 Å². The maximum atomic E-state index is 7.61. The van der Waals surface area contributed by atoms with E-state index in [0.29, 0.717) is 11.5 Å². The molecule has 0 bridgehead atoms. The Bertz CT molecular complexity index is 3780. The smallest absolute Gasteiger partial charge is 0.246 e. The minimum Gasteiger partial charge on any atom is -0.449 e. The van der Waals surface area contributed by atoms with Crippen molar-refractivity contribution in [2.75, 3.05) is 0 Å². The summed E-state index contributed by atoms with van der Waals surface area (Å²) < 4.78 is 32.2. The molecule has 63 heavy (non-hydrogen) atoms. The summed E-state index contributed by atoms with van der Waals surface area (Å²) in [5.41, 5.74) is 13.8. The van der Waals surface area contributed by atoms with Gasteiger partial charge in [-0.2, -0.15) is 0 Å². The van der Waals surface area contributed by atoms with E-state index in [2.05, 4.69) is 210 Å². The van der Waals surface area contributed by atoms with E-state index in [0.717, 1.165) is 77.9 Å². The molecule has 13 rings (SSSR count). The van der Waals surface area contributed by atoms with Crippen molar-refractivity contribution >= 4 is 87.4 Å². The third kappa shape index (κ3) is 5.09. The molecule has 6 aromatic heterocycles. The van der Waals surface area contributed by atoms with Crippen LogP contribution < -0.4 is 13.8 Å². The molecular weight excluding hydrogens is 815 g/mol. The maximum absolute atomic E-state index is 7.61. The normalized spacial score (nSPS) is 13.9. The van der Waals surface area contributed by atoms with Crippen molar-refractivity contribution in [2.24, 2.45) is 0 Å². The molecule has 0 saturated heterocycles. The Morgan fingerprint density at radius 3 is 1.25 bits per heavy atom. The molecule has 0 aliphatic carbocycles. The molecule has 7 nitrogen and oxygen atoms in total. The van der Waals surface area contributed by atoms with E-state index in [1.807, 2.05) is 0 Å². The number of rotatable bonds is 5. The summed E-state index contributed by atoms with van der Waals surface area (Å²) in [5.74, 6) is 2.82. The number of hydrogen-bond donors (Lipinski definition) is 0. The van der Waals surface area contributed by atoms with Gasteiger partial charge in [-0.3, -0.25) is 16.7 Å². The van der Waals surface area contributed by atoms with Crippen LogP contribution in [0.25, 0.3) is 71.3 Å². The van der Waals surface area contributed by atoms with Gasteiger partial charge in [0, 0.05) is 38.1 Å². The fourth-order valence-corrected chi connectivity index (χ4v) is 14.1. The van der Waals surface area contributed by atoms with Crippen LogP contribution in [0.5, 0.6) is 23.0 Å². The molecule has 0 radical (unpaired) electrons. The lowest BCUT2D eigenvalue weighted by atomic mass is 9.73. The fraction of sp³-hybridized carbons (Fsp3) is 0.148. The van der Waals surface area contributed by atoms with Crippen LogP contribution in [0, 0.1) is 0 Å². The zero-order valence-electron chi connectivity index (χ0n) is 36.0. The van der Waals surface area contributed by atoms with Crippen LogP contribution in [0.1, 0.15) is 63.8 Å². The number of nitrogens with zero attached hydrogens (tertiary/aromatic N) is 4. The molecule has 308 valence electrons. The van der Waals surface area contributed by atoms with Crippen molar-refractivity contribution in [2.45, 2.75) is 52.4 Å². The van der Waals surface area contributed by atoms with Gasteiger partial charge in [-0.25, -0.2) is 0 Å². The Kier molecular flexibility index (Phi) is 7.40. The van der Waals surface area contributed by atoms with Crippen molar-refractivity contribution in [1.82, 2.24) is 16.7 Å². The molecule has 1 aliphatic heterocycles. The average molecular weight is 859 g/mol. The molecule has 1 aliphatic rings. The molecule has 0 N–H and O–H groups in total. The molecule has 9 heteroatoms. The first kappa shape index (κ1) is 36.8. The van der Waals surface area contributed by atoms with E-state index in [1.165, 1.54) is 27.1 Å². The summed E-state index contributed by atoms with van der Waals surface area (Å²) in [7, 11) is -2.90. The highest BCUT2D eigenvalue weighted by Gasteiger charge is 2.40. The average Bonchev–Trinajstić information content (AvgIpc) is 4.10. The van der Waals surface area contributed by atoms with Gasteiger partial charge in [-0.1, -0.05) is 126 Å². The highest BCUT2D eigenvalue weighted by atomic mass is 31.1. The number of para-hydroxylation sites is 4. The molecule has 0 spiro atoms. The van der Waals surface area contributed by atoms with Gasteiger partial charge in [-0.05, 0) is 90.2 Å². The topological polar surface area (TPSA) is 45.3 Å². The van der Waals surface area contributed by atoms with Gasteiger partial charge in [0.15, 0.2) is 23.0 Å². The SMILES string of the molecule is C=C(C)c1cc(Op2n3c4ccccc4cc3c3cc4ccccc4n32)c2c(c1)C(C)(C)c1cc(C(C)(C)C)cc(Op3n4c5ccccc5cc4c4cc5ccccc5n43)c1O2. The lowest BCUT2D eigenvalue weighted by Crippen LogP contribution is -2.26. The summed E-state index contributed by atoms with van der Waals surface area (Å²) in [6.45, 7) is 17.9. The molecule has 0 unspecified atom stereocenters. The van der Waals surface area contributed by atoms with E-state index in [-0.39, 0.29) is 5.41 Å². The van der Waals surface area contributed by atoms with Gasteiger partial charge in [-0.15, -0.1) is 0 Å². The summed E-state index contributed by atoms with van der Waals surface area (Å²) in [6.07, 6.45) is 0.